The number of anilines is 1. The molecule has 0 radical (unpaired) electrons. The lowest BCUT2D eigenvalue weighted by molar-refractivity contribution is -0.144. The summed E-state index contributed by atoms with van der Waals surface area (Å²) in [5, 5.41) is 13.6. The minimum Gasteiger partial charge on any atom is -0.386 e. The number of H-pyrrole nitrogens is 1. The predicted octanol–water partition coefficient (Wildman–Crippen LogP) is 2.88. The highest BCUT2D eigenvalue weighted by Crippen LogP contribution is 2.29. The minimum absolute atomic E-state index is 0.0572. The number of nitrogens with one attached hydrogen (secondary N) is 2. The van der Waals surface area contributed by atoms with Gasteiger partial charge in [-0.1, -0.05) is 0 Å². The average Bonchev–Trinajstić information content (AvgIpc) is 3.17. The van der Waals surface area contributed by atoms with E-state index in [1.807, 2.05) is 4.90 Å². The van der Waals surface area contributed by atoms with E-state index in [1.54, 1.807) is 0 Å². The number of aromatic amines is 1. The first kappa shape index (κ1) is 21.0. The summed E-state index contributed by atoms with van der Waals surface area (Å²) in [5.41, 5.74) is -0.908. The van der Waals surface area contributed by atoms with Gasteiger partial charge in [-0.15, -0.1) is 0 Å². The number of hydrogen-bond donors (Lipinski definition) is 3. The summed E-state index contributed by atoms with van der Waals surface area (Å²) in [5.74, 6) is -1.60. The smallest absolute Gasteiger partial charge is 0.386 e. The van der Waals surface area contributed by atoms with Gasteiger partial charge in [-0.2, -0.15) is 13.2 Å². The number of imidazole rings is 1. The first-order valence-corrected chi connectivity index (χ1v) is 9.57. The van der Waals surface area contributed by atoms with Gasteiger partial charge in [0.25, 0.3) is 5.91 Å². The third-order valence-electron chi connectivity index (χ3n) is 5.18. The third kappa shape index (κ3) is 4.61. The van der Waals surface area contributed by atoms with Crippen molar-refractivity contribution in [1.82, 2.24) is 20.3 Å². The van der Waals surface area contributed by atoms with Crippen LogP contribution in [0.3, 0.4) is 0 Å². The number of aromatic nitrogens is 3. The van der Waals surface area contributed by atoms with Gasteiger partial charge in [0.05, 0.1) is 22.8 Å². The van der Waals surface area contributed by atoms with Gasteiger partial charge in [0.1, 0.15) is 11.6 Å². The fourth-order valence-electron chi connectivity index (χ4n) is 3.64. The molecule has 1 aromatic carbocycles. The van der Waals surface area contributed by atoms with Crippen LogP contribution in [0, 0.1) is 5.82 Å². The maximum absolute atomic E-state index is 13.1. The van der Waals surface area contributed by atoms with Crippen LogP contribution < -0.4 is 10.2 Å². The van der Waals surface area contributed by atoms with Crippen LogP contribution in [0.15, 0.2) is 36.5 Å². The average molecular weight is 437 g/mol. The van der Waals surface area contributed by atoms with E-state index in [1.165, 1.54) is 30.3 Å². The van der Waals surface area contributed by atoms with Crippen LogP contribution >= 0.6 is 0 Å². The Morgan fingerprint density at radius 3 is 2.81 bits per heavy atom. The van der Waals surface area contributed by atoms with Gasteiger partial charge in [-0.3, -0.25) is 4.79 Å². The van der Waals surface area contributed by atoms with Gasteiger partial charge in [0.2, 0.25) is 5.82 Å². The van der Waals surface area contributed by atoms with E-state index in [-0.39, 0.29) is 29.7 Å². The van der Waals surface area contributed by atoms with Crippen molar-refractivity contribution in [2.24, 2.45) is 0 Å². The number of fused-ring (bicyclic) bond motifs is 1. The Bertz CT molecular complexity index is 1100. The molecule has 11 heteroatoms. The summed E-state index contributed by atoms with van der Waals surface area (Å²) in [6, 6.07) is 6.79. The standard InChI is InChI=1S/C20H19F4N5O2/c21-13-3-5-16(25-9-13)29-7-1-6-19(31,11-29)10-26-17(30)12-2-4-14-15(8-12)28-18(27-14)20(22,23)24/h2-5,8-9,31H,1,6-7,10-11H2,(H,26,30)(H,27,28)/t19-/m1/s1. The summed E-state index contributed by atoms with van der Waals surface area (Å²) in [7, 11) is 0. The summed E-state index contributed by atoms with van der Waals surface area (Å²) in [4.78, 5) is 24.0. The molecular weight excluding hydrogens is 418 g/mol. The Morgan fingerprint density at radius 2 is 2.10 bits per heavy atom. The van der Waals surface area contributed by atoms with Crippen LogP contribution in [0.4, 0.5) is 23.4 Å². The molecule has 7 nitrogen and oxygen atoms in total. The maximum Gasteiger partial charge on any atom is 0.449 e. The molecule has 2 aromatic heterocycles. The van der Waals surface area contributed by atoms with E-state index in [4.69, 9.17) is 0 Å². The number of halogens is 4. The summed E-state index contributed by atoms with van der Waals surface area (Å²) in [6.07, 6.45) is -2.43. The Hall–Kier alpha value is -3.21. The number of aliphatic hydroxyl groups is 1. The second-order valence-corrected chi connectivity index (χ2v) is 7.58. The SMILES string of the molecule is O=C(NC[C@]1(O)CCCN(c2ccc(F)cn2)C1)c1ccc2nc(C(F)(F)F)[nH]c2c1. The van der Waals surface area contributed by atoms with Crippen molar-refractivity contribution in [2.75, 3.05) is 24.5 Å². The summed E-state index contributed by atoms with van der Waals surface area (Å²) >= 11 is 0. The van der Waals surface area contributed by atoms with E-state index >= 15 is 0 Å². The van der Waals surface area contributed by atoms with Crippen LogP contribution in [0.1, 0.15) is 29.0 Å². The van der Waals surface area contributed by atoms with Crippen molar-refractivity contribution >= 4 is 22.8 Å². The molecule has 0 bridgehead atoms. The second-order valence-electron chi connectivity index (χ2n) is 7.58. The van der Waals surface area contributed by atoms with E-state index in [0.29, 0.717) is 25.2 Å². The van der Waals surface area contributed by atoms with E-state index in [2.05, 4.69) is 20.3 Å². The molecule has 1 saturated heterocycles. The number of β-amino-alcohol motifs (C(OH)–C–C–N with tert-alkyl or cyclic N) is 1. The fraction of sp³-hybridized carbons (Fsp3) is 0.350. The Labute approximate surface area is 174 Å². The lowest BCUT2D eigenvalue weighted by atomic mass is 9.92. The van der Waals surface area contributed by atoms with Crippen LogP contribution in [-0.2, 0) is 6.18 Å². The van der Waals surface area contributed by atoms with Gasteiger partial charge in [-0.05, 0) is 43.2 Å². The monoisotopic (exact) mass is 437 g/mol. The number of benzene rings is 1. The zero-order chi connectivity index (χ0) is 22.2. The van der Waals surface area contributed by atoms with Gasteiger partial charge < -0.3 is 20.3 Å². The number of nitrogens with zero attached hydrogens (tertiary/aromatic N) is 3. The molecule has 3 aromatic rings. The lowest BCUT2D eigenvalue weighted by Gasteiger charge is -2.39. The van der Waals surface area contributed by atoms with Gasteiger partial charge in [0, 0.05) is 25.2 Å². The first-order valence-electron chi connectivity index (χ1n) is 9.57. The van der Waals surface area contributed by atoms with Crippen molar-refractivity contribution in [1.29, 1.82) is 0 Å². The number of amides is 1. The minimum atomic E-state index is -4.61. The molecule has 3 heterocycles. The quantitative estimate of drug-likeness (QED) is 0.546. The molecule has 3 N–H and O–H groups in total. The van der Waals surface area contributed by atoms with Crippen LogP contribution in [-0.4, -0.2) is 51.2 Å². The van der Waals surface area contributed by atoms with Crippen molar-refractivity contribution in [3.05, 3.63) is 53.7 Å². The fourth-order valence-corrected chi connectivity index (χ4v) is 3.64. The van der Waals surface area contributed by atoms with E-state index in [0.717, 1.165) is 6.20 Å². The molecule has 1 aliphatic heterocycles. The molecule has 0 saturated carbocycles. The van der Waals surface area contributed by atoms with Gasteiger partial charge >= 0.3 is 6.18 Å². The number of rotatable bonds is 4. The Morgan fingerprint density at radius 1 is 1.29 bits per heavy atom. The number of carbonyl (C=O) groups excluding carboxylic acids is 1. The summed E-state index contributed by atoms with van der Waals surface area (Å²) in [6.45, 7) is 0.770. The zero-order valence-corrected chi connectivity index (χ0v) is 16.2. The predicted molar refractivity (Wildman–Crippen MR) is 104 cm³/mol. The van der Waals surface area contributed by atoms with Crippen molar-refractivity contribution in [3.8, 4) is 0 Å². The lowest BCUT2D eigenvalue weighted by Crippen LogP contribution is -2.54. The van der Waals surface area contributed by atoms with E-state index < -0.39 is 29.3 Å². The highest BCUT2D eigenvalue weighted by atomic mass is 19.4. The van der Waals surface area contributed by atoms with Crippen molar-refractivity contribution < 1.29 is 27.5 Å². The topological polar surface area (TPSA) is 94.1 Å². The highest BCUT2D eigenvalue weighted by Gasteiger charge is 2.35. The summed E-state index contributed by atoms with van der Waals surface area (Å²) < 4.78 is 51.5. The first-order chi connectivity index (χ1) is 14.6. The second kappa shape index (κ2) is 7.80. The molecule has 164 valence electrons. The molecular formula is C20H19F4N5O2. The normalized spacial score (nSPS) is 19.6. The Balaban J connectivity index is 1.43. The molecule has 0 aliphatic carbocycles. The van der Waals surface area contributed by atoms with Crippen LogP contribution in [0.5, 0.6) is 0 Å². The van der Waals surface area contributed by atoms with Gasteiger partial charge in [0.15, 0.2) is 0 Å². The van der Waals surface area contributed by atoms with E-state index in [9.17, 15) is 27.5 Å². The Kier molecular flexibility index (Phi) is 5.29. The van der Waals surface area contributed by atoms with Gasteiger partial charge in [-0.25, -0.2) is 14.4 Å². The third-order valence-corrected chi connectivity index (χ3v) is 5.18. The number of piperidine rings is 1. The number of alkyl halides is 3. The maximum atomic E-state index is 13.1. The molecule has 1 fully saturated rings. The van der Waals surface area contributed by atoms with Crippen molar-refractivity contribution in [2.45, 2.75) is 24.6 Å². The van der Waals surface area contributed by atoms with Crippen LogP contribution in [0.25, 0.3) is 11.0 Å². The zero-order valence-electron chi connectivity index (χ0n) is 16.2. The van der Waals surface area contributed by atoms with Crippen LogP contribution in [0.2, 0.25) is 0 Å². The number of pyridine rings is 1. The molecule has 1 atom stereocenters. The van der Waals surface area contributed by atoms with Crippen molar-refractivity contribution in [3.63, 3.8) is 0 Å². The molecule has 0 spiro atoms. The molecule has 1 amide bonds. The molecule has 4 rings (SSSR count). The number of hydrogen-bond acceptors (Lipinski definition) is 5. The highest BCUT2D eigenvalue weighted by molar-refractivity contribution is 5.97. The molecule has 0 unspecified atom stereocenters. The number of carbonyl (C=O) groups is 1. The molecule has 31 heavy (non-hydrogen) atoms. The largest absolute Gasteiger partial charge is 0.449 e. The molecule has 1 aliphatic rings.